The predicted molar refractivity (Wildman–Crippen MR) is 72.9 cm³/mol. The Morgan fingerprint density at radius 1 is 1.24 bits per heavy atom. The zero-order valence-corrected chi connectivity index (χ0v) is 12.5. The van der Waals surface area contributed by atoms with Crippen LogP contribution in [0.25, 0.3) is 0 Å². The molecule has 17 heavy (non-hydrogen) atoms. The van der Waals surface area contributed by atoms with Gasteiger partial charge in [0, 0.05) is 0 Å². The van der Waals surface area contributed by atoms with Gasteiger partial charge in [-0.1, -0.05) is 54.4 Å². The average molecular weight is 242 g/mol. The quantitative estimate of drug-likeness (QED) is 0.487. The number of hydrogen-bond donors (Lipinski definition) is 0. The Labute approximate surface area is 107 Å². The molecule has 2 heteroatoms. The molecule has 0 aromatic heterocycles. The highest BCUT2D eigenvalue weighted by Crippen LogP contribution is 2.31. The number of ether oxygens (including phenoxy) is 1. The molecule has 0 saturated carbocycles. The van der Waals surface area contributed by atoms with Crippen LogP contribution in [0.2, 0.25) is 0 Å². The summed E-state index contributed by atoms with van der Waals surface area (Å²) < 4.78 is 5.37. The number of rotatable bonds is 7. The van der Waals surface area contributed by atoms with Crippen molar-refractivity contribution in [2.45, 2.75) is 67.2 Å². The fraction of sp³-hybridized carbons (Fsp3) is 0.933. The van der Waals surface area contributed by atoms with E-state index >= 15 is 0 Å². The molecule has 0 aliphatic rings. The van der Waals surface area contributed by atoms with E-state index in [0.29, 0.717) is 12.5 Å². The summed E-state index contributed by atoms with van der Waals surface area (Å²) in [5.41, 5.74) is 0.178. The largest absolute Gasteiger partial charge is 0.465 e. The lowest BCUT2D eigenvalue weighted by Gasteiger charge is -2.28. The molecular weight excluding hydrogens is 212 g/mol. The van der Waals surface area contributed by atoms with Gasteiger partial charge in [0.25, 0.3) is 0 Å². The first-order valence-electron chi connectivity index (χ1n) is 6.98. The minimum absolute atomic E-state index is 0.00252. The summed E-state index contributed by atoms with van der Waals surface area (Å²) in [7, 11) is 0. The van der Waals surface area contributed by atoms with Crippen LogP contribution in [-0.4, -0.2) is 12.6 Å². The summed E-state index contributed by atoms with van der Waals surface area (Å²) in [6.07, 6.45) is 3.98. The van der Waals surface area contributed by atoms with Gasteiger partial charge in [-0.25, -0.2) is 0 Å². The molecule has 0 aromatic carbocycles. The van der Waals surface area contributed by atoms with Gasteiger partial charge < -0.3 is 4.74 Å². The minimum Gasteiger partial charge on any atom is -0.465 e. The van der Waals surface area contributed by atoms with Crippen molar-refractivity contribution in [3.05, 3.63) is 0 Å². The van der Waals surface area contributed by atoms with Gasteiger partial charge in [-0.05, 0) is 24.2 Å². The first kappa shape index (κ1) is 16.5. The Balaban J connectivity index is 4.41. The number of carbonyl (C=O) groups is 1. The van der Waals surface area contributed by atoms with Gasteiger partial charge in [-0.15, -0.1) is 0 Å². The van der Waals surface area contributed by atoms with Crippen molar-refractivity contribution in [3.63, 3.8) is 0 Å². The van der Waals surface area contributed by atoms with Crippen molar-refractivity contribution >= 4 is 5.97 Å². The van der Waals surface area contributed by atoms with E-state index in [9.17, 15) is 4.79 Å². The summed E-state index contributed by atoms with van der Waals surface area (Å²) in [4.78, 5) is 12.1. The molecule has 0 radical (unpaired) electrons. The van der Waals surface area contributed by atoms with Crippen molar-refractivity contribution in [2.75, 3.05) is 6.61 Å². The van der Waals surface area contributed by atoms with Crippen LogP contribution < -0.4 is 0 Å². The second-order valence-electron chi connectivity index (χ2n) is 6.28. The first-order chi connectivity index (χ1) is 7.81. The van der Waals surface area contributed by atoms with Crippen molar-refractivity contribution in [3.8, 4) is 0 Å². The molecule has 0 aliphatic heterocycles. The molecule has 2 nitrogen and oxygen atoms in total. The van der Waals surface area contributed by atoms with E-state index in [1.54, 1.807) is 0 Å². The highest BCUT2D eigenvalue weighted by atomic mass is 16.5. The van der Waals surface area contributed by atoms with E-state index in [1.165, 1.54) is 0 Å². The molecule has 0 spiro atoms. The SMILES string of the molecule is CCCCOC(=O)[C@@H](CC(C)(C)C)[C@@H](C)CC. The fourth-order valence-electron chi connectivity index (χ4n) is 1.89. The van der Waals surface area contributed by atoms with Crippen LogP contribution >= 0.6 is 0 Å². The standard InChI is InChI=1S/C15H30O2/c1-7-9-10-17-14(16)13(12(3)8-2)11-15(4,5)6/h12-13H,7-11H2,1-6H3/t12-,13-/m0/s1. The Hall–Kier alpha value is -0.530. The molecule has 0 saturated heterocycles. The van der Waals surface area contributed by atoms with Gasteiger partial charge in [0.2, 0.25) is 0 Å². The third kappa shape index (κ3) is 7.40. The van der Waals surface area contributed by atoms with Crippen LogP contribution in [-0.2, 0) is 9.53 Å². The van der Waals surface area contributed by atoms with Crippen LogP contribution in [0.1, 0.15) is 67.2 Å². The topological polar surface area (TPSA) is 26.3 Å². The molecule has 0 N–H and O–H groups in total. The zero-order chi connectivity index (χ0) is 13.5. The van der Waals surface area contributed by atoms with Gasteiger partial charge in [-0.2, -0.15) is 0 Å². The van der Waals surface area contributed by atoms with E-state index in [0.717, 1.165) is 25.7 Å². The molecule has 2 atom stereocenters. The lowest BCUT2D eigenvalue weighted by molar-refractivity contribution is -0.151. The molecule has 0 rings (SSSR count). The van der Waals surface area contributed by atoms with E-state index in [-0.39, 0.29) is 17.3 Å². The lowest BCUT2D eigenvalue weighted by Crippen LogP contribution is -2.28. The molecule has 0 aromatic rings. The molecule has 0 unspecified atom stereocenters. The van der Waals surface area contributed by atoms with E-state index in [4.69, 9.17) is 4.74 Å². The van der Waals surface area contributed by atoms with E-state index in [2.05, 4.69) is 41.5 Å². The van der Waals surface area contributed by atoms with Gasteiger partial charge >= 0.3 is 5.97 Å². The highest BCUT2D eigenvalue weighted by molar-refractivity contribution is 5.72. The molecule has 0 bridgehead atoms. The maximum atomic E-state index is 12.1. The zero-order valence-electron chi connectivity index (χ0n) is 12.5. The van der Waals surface area contributed by atoms with Crippen LogP contribution in [0.4, 0.5) is 0 Å². The van der Waals surface area contributed by atoms with Crippen LogP contribution in [0, 0.1) is 17.3 Å². The lowest BCUT2D eigenvalue weighted by atomic mass is 9.78. The Bertz CT molecular complexity index is 215. The molecule has 0 amide bonds. The Kier molecular flexibility index (Phi) is 7.49. The summed E-state index contributed by atoms with van der Waals surface area (Å²) in [5.74, 6) is 0.461. The number of hydrogen-bond acceptors (Lipinski definition) is 2. The maximum Gasteiger partial charge on any atom is 0.309 e. The van der Waals surface area contributed by atoms with Crippen molar-refractivity contribution in [2.24, 2.45) is 17.3 Å². The Morgan fingerprint density at radius 2 is 1.82 bits per heavy atom. The number of unbranched alkanes of at least 4 members (excludes halogenated alkanes) is 1. The number of carbonyl (C=O) groups excluding carboxylic acids is 1. The molecule has 0 heterocycles. The Morgan fingerprint density at radius 3 is 2.24 bits per heavy atom. The average Bonchev–Trinajstić information content (AvgIpc) is 2.24. The summed E-state index contributed by atoms with van der Waals surface area (Å²) in [6, 6.07) is 0. The van der Waals surface area contributed by atoms with Crippen molar-refractivity contribution in [1.29, 1.82) is 0 Å². The second-order valence-corrected chi connectivity index (χ2v) is 6.28. The predicted octanol–water partition coefficient (Wildman–Crippen LogP) is 4.43. The van der Waals surface area contributed by atoms with Crippen LogP contribution in [0.3, 0.4) is 0 Å². The monoisotopic (exact) mass is 242 g/mol. The third-order valence-electron chi connectivity index (χ3n) is 3.21. The van der Waals surface area contributed by atoms with Gasteiger partial charge in [0.05, 0.1) is 12.5 Å². The summed E-state index contributed by atoms with van der Waals surface area (Å²) in [6.45, 7) is 13.5. The molecule has 0 fully saturated rings. The normalized spacial score (nSPS) is 15.4. The van der Waals surface area contributed by atoms with Crippen molar-refractivity contribution in [1.82, 2.24) is 0 Å². The smallest absolute Gasteiger partial charge is 0.309 e. The van der Waals surface area contributed by atoms with E-state index in [1.807, 2.05) is 0 Å². The minimum atomic E-state index is 0.00252. The van der Waals surface area contributed by atoms with Gasteiger partial charge in [0.1, 0.15) is 0 Å². The first-order valence-corrected chi connectivity index (χ1v) is 6.98. The van der Waals surface area contributed by atoms with Gasteiger partial charge in [0.15, 0.2) is 0 Å². The maximum absolute atomic E-state index is 12.1. The third-order valence-corrected chi connectivity index (χ3v) is 3.21. The fourth-order valence-corrected chi connectivity index (χ4v) is 1.89. The van der Waals surface area contributed by atoms with Crippen LogP contribution in [0.15, 0.2) is 0 Å². The van der Waals surface area contributed by atoms with Crippen LogP contribution in [0.5, 0.6) is 0 Å². The van der Waals surface area contributed by atoms with Gasteiger partial charge in [-0.3, -0.25) is 4.79 Å². The molecule has 0 aliphatic carbocycles. The number of esters is 1. The summed E-state index contributed by atoms with van der Waals surface area (Å²) >= 11 is 0. The second kappa shape index (κ2) is 7.73. The van der Waals surface area contributed by atoms with Crippen molar-refractivity contribution < 1.29 is 9.53 Å². The molecule has 102 valence electrons. The van der Waals surface area contributed by atoms with E-state index < -0.39 is 0 Å². The highest BCUT2D eigenvalue weighted by Gasteiger charge is 2.29. The molecular formula is C15H30O2. The summed E-state index contributed by atoms with van der Waals surface area (Å²) in [5, 5.41) is 0.